The van der Waals surface area contributed by atoms with Crippen LogP contribution in [0.15, 0.2) is 0 Å². The molecule has 3 atom stereocenters. The lowest BCUT2D eigenvalue weighted by atomic mass is 9.81. The quantitative estimate of drug-likeness (QED) is 0.687. The maximum Gasteiger partial charge on any atom is 0.309 e. The van der Waals surface area contributed by atoms with E-state index in [9.17, 15) is 9.59 Å². The van der Waals surface area contributed by atoms with Crippen molar-refractivity contribution in [3.8, 4) is 0 Å². The molecule has 1 aliphatic rings. The molecule has 0 heterocycles. The van der Waals surface area contributed by atoms with Gasteiger partial charge in [-0.25, -0.2) is 0 Å². The number of rotatable bonds is 8. The summed E-state index contributed by atoms with van der Waals surface area (Å²) < 4.78 is 5.62. The fourth-order valence-electron chi connectivity index (χ4n) is 2.99. The van der Waals surface area contributed by atoms with Gasteiger partial charge in [0.2, 0.25) is 0 Å². The van der Waals surface area contributed by atoms with Gasteiger partial charge < -0.3 is 9.84 Å². The van der Waals surface area contributed by atoms with E-state index in [1.54, 1.807) is 0 Å². The third kappa shape index (κ3) is 6.49. The van der Waals surface area contributed by atoms with E-state index in [0.717, 1.165) is 38.5 Å². The van der Waals surface area contributed by atoms with Crippen LogP contribution >= 0.6 is 0 Å². The van der Waals surface area contributed by atoms with Gasteiger partial charge in [-0.3, -0.25) is 9.59 Å². The van der Waals surface area contributed by atoms with E-state index in [4.69, 9.17) is 9.84 Å². The summed E-state index contributed by atoms with van der Waals surface area (Å²) >= 11 is 0. The minimum Gasteiger partial charge on any atom is -0.481 e. The van der Waals surface area contributed by atoms with Crippen LogP contribution in [0.3, 0.4) is 0 Å². The first kappa shape index (κ1) is 18.0. The largest absolute Gasteiger partial charge is 0.481 e. The minimum atomic E-state index is -0.781. The zero-order valence-corrected chi connectivity index (χ0v) is 13.6. The number of carboxylic acids is 1. The van der Waals surface area contributed by atoms with Crippen LogP contribution < -0.4 is 0 Å². The fraction of sp³-hybridized carbons (Fsp3) is 0.882. The van der Waals surface area contributed by atoms with Gasteiger partial charge >= 0.3 is 11.9 Å². The number of hydrogen-bond donors (Lipinski definition) is 1. The first-order chi connectivity index (χ1) is 9.93. The lowest BCUT2D eigenvalue weighted by molar-refractivity contribution is -0.157. The summed E-state index contributed by atoms with van der Waals surface area (Å²) in [4.78, 5) is 23.3. The summed E-state index contributed by atoms with van der Waals surface area (Å²) in [5, 5.41) is 9.08. The van der Waals surface area contributed by atoms with Crippen LogP contribution in [0.25, 0.3) is 0 Å². The number of carbonyl (C=O) groups is 2. The molecule has 0 aromatic carbocycles. The third-order valence-corrected chi connectivity index (χ3v) is 4.40. The standard InChI is InChI=1S/C17H30O4/c1-4-15(10-5-7-12(2)3)21-17(20)14-9-6-8-13(11-14)16(18)19/h12-15H,4-11H2,1-3H3,(H,18,19). The lowest BCUT2D eigenvalue weighted by Gasteiger charge is -2.27. The molecule has 1 saturated carbocycles. The number of ether oxygens (including phenoxy) is 1. The van der Waals surface area contributed by atoms with Gasteiger partial charge in [0.25, 0.3) is 0 Å². The third-order valence-electron chi connectivity index (χ3n) is 4.40. The topological polar surface area (TPSA) is 63.6 Å². The molecular formula is C17H30O4. The van der Waals surface area contributed by atoms with Crippen LogP contribution in [0.5, 0.6) is 0 Å². The highest BCUT2D eigenvalue weighted by molar-refractivity contribution is 5.75. The van der Waals surface area contributed by atoms with Crippen molar-refractivity contribution in [1.82, 2.24) is 0 Å². The first-order valence-electron chi connectivity index (χ1n) is 8.37. The fourth-order valence-corrected chi connectivity index (χ4v) is 2.99. The van der Waals surface area contributed by atoms with Gasteiger partial charge in [-0.05, 0) is 44.4 Å². The Labute approximate surface area is 128 Å². The van der Waals surface area contributed by atoms with Gasteiger partial charge in [0.05, 0.1) is 11.8 Å². The van der Waals surface area contributed by atoms with E-state index in [1.165, 1.54) is 0 Å². The van der Waals surface area contributed by atoms with E-state index >= 15 is 0 Å². The van der Waals surface area contributed by atoms with Gasteiger partial charge in [-0.1, -0.05) is 33.6 Å². The Kier molecular flexibility index (Phi) is 7.76. The van der Waals surface area contributed by atoms with Crippen molar-refractivity contribution in [1.29, 1.82) is 0 Å². The van der Waals surface area contributed by atoms with E-state index in [2.05, 4.69) is 13.8 Å². The lowest BCUT2D eigenvalue weighted by Crippen LogP contribution is -2.30. The highest BCUT2D eigenvalue weighted by atomic mass is 16.5. The molecule has 0 bridgehead atoms. The first-order valence-corrected chi connectivity index (χ1v) is 8.37. The van der Waals surface area contributed by atoms with Gasteiger partial charge in [-0.15, -0.1) is 0 Å². The Morgan fingerprint density at radius 2 is 1.86 bits per heavy atom. The average molecular weight is 298 g/mol. The van der Waals surface area contributed by atoms with Crippen LogP contribution in [0.4, 0.5) is 0 Å². The van der Waals surface area contributed by atoms with Gasteiger partial charge in [-0.2, -0.15) is 0 Å². The van der Waals surface area contributed by atoms with E-state index in [0.29, 0.717) is 18.8 Å². The summed E-state index contributed by atoms with van der Waals surface area (Å²) in [7, 11) is 0. The highest BCUT2D eigenvalue weighted by Crippen LogP contribution is 2.30. The number of esters is 1. The maximum atomic E-state index is 12.2. The number of aliphatic carboxylic acids is 1. The second-order valence-corrected chi connectivity index (χ2v) is 6.69. The Balaban J connectivity index is 2.40. The number of carboxylic acid groups (broad SMARTS) is 1. The molecule has 122 valence electrons. The Bertz CT molecular complexity index is 338. The molecule has 0 aliphatic heterocycles. The molecule has 1 N–H and O–H groups in total. The van der Waals surface area contributed by atoms with E-state index < -0.39 is 5.97 Å². The van der Waals surface area contributed by atoms with Crippen molar-refractivity contribution in [2.75, 3.05) is 0 Å². The van der Waals surface area contributed by atoms with E-state index in [-0.39, 0.29) is 23.9 Å². The minimum absolute atomic E-state index is 0.0125. The van der Waals surface area contributed by atoms with E-state index in [1.807, 2.05) is 6.92 Å². The summed E-state index contributed by atoms with van der Waals surface area (Å²) in [5.74, 6) is -0.891. The van der Waals surface area contributed by atoms with Gasteiger partial charge in [0.1, 0.15) is 6.10 Å². The maximum absolute atomic E-state index is 12.2. The van der Waals surface area contributed by atoms with Gasteiger partial charge in [0.15, 0.2) is 0 Å². The molecule has 1 fully saturated rings. The Hall–Kier alpha value is -1.06. The molecule has 4 nitrogen and oxygen atoms in total. The van der Waals surface area contributed by atoms with Crippen molar-refractivity contribution in [3.63, 3.8) is 0 Å². The predicted octanol–water partition coefficient (Wildman–Crippen LogP) is 4.03. The van der Waals surface area contributed by atoms with Crippen LogP contribution in [-0.2, 0) is 14.3 Å². The zero-order chi connectivity index (χ0) is 15.8. The second kappa shape index (κ2) is 9.06. The molecule has 0 saturated heterocycles. The van der Waals surface area contributed by atoms with Crippen LogP contribution in [0, 0.1) is 17.8 Å². The number of carbonyl (C=O) groups excluding carboxylic acids is 1. The molecule has 4 heteroatoms. The molecule has 0 spiro atoms. The van der Waals surface area contributed by atoms with Crippen LogP contribution in [0.2, 0.25) is 0 Å². The average Bonchev–Trinajstić information content (AvgIpc) is 2.45. The van der Waals surface area contributed by atoms with Crippen molar-refractivity contribution in [3.05, 3.63) is 0 Å². The molecular weight excluding hydrogens is 268 g/mol. The summed E-state index contributed by atoms with van der Waals surface area (Å²) in [6.45, 7) is 6.43. The monoisotopic (exact) mass is 298 g/mol. The molecule has 21 heavy (non-hydrogen) atoms. The predicted molar refractivity (Wildman–Crippen MR) is 81.9 cm³/mol. The molecule has 0 aromatic rings. The summed E-state index contributed by atoms with van der Waals surface area (Å²) in [5.41, 5.74) is 0. The Morgan fingerprint density at radius 1 is 1.19 bits per heavy atom. The van der Waals surface area contributed by atoms with Crippen LogP contribution in [0.1, 0.15) is 72.1 Å². The highest BCUT2D eigenvalue weighted by Gasteiger charge is 2.32. The number of hydrogen-bond acceptors (Lipinski definition) is 3. The molecule has 3 unspecified atom stereocenters. The van der Waals surface area contributed by atoms with Crippen LogP contribution in [-0.4, -0.2) is 23.1 Å². The van der Waals surface area contributed by atoms with Gasteiger partial charge in [0, 0.05) is 0 Å². The molecule has 0 amide bonds. The summed E-state index contributed by atoms with van der Waals surface area (Å²) in [6, 6.07) is 0. The normalized spacial score (nSPS) is 23.8. The molecule has 1 aliphatic carbocycles. The SMILES string of the molecule is CCC(CCCC(C)C)OC(=O)C1CCCC(C(=O)O)C1. The van der Waals surface area contributed by atoms with Crippen molar-refractivity contribution >= 4 is 11.9 Å². The molecule has 0 radical (unpaired) electrons. The molecule has 1 rings (SSSR count). The van der Waals surface area contributed by atoms with Crippen molar-refractivity contribution < 1.29 is 19.4 Å². The summed E-state index contributed by atoms with van der Waals surface area (Å²) in [6.07, 6.45) is 6.66. The second-order valence-electron chi connectivity index (χ2n) is 6.69. The zero-order valence-electron chi connectivity index (χ0n) is 13.6. The Morgan fingerprint density at radius 3 is 2.43 bits per heavy atom. The van der Waals surface area contributed by atoms with Crippen molar-refractivity contribution in [2.45, 2.75) is 78.2 Å². The smallest absolute Gasteiger partial charge is 0.309 e. The molecule has 0 aromatic heterocycles. The van der Waals surface area contributed by atoms with Crippen molar-refractivity contribution in [2.24, 2.45) is 17.8 Å².